The number of halogens is 1. The predicted molar refractivity (Wildman–Crippen MR) is 115 cm³/mol. The predicted octanol–water partition coefficient (Wildman–Crippen LogP) is 3.16. The van der Waals surface area contributed by atoms with E-state index in [4.69, 9.17) is 4.74 Å². The number of aryl methyl sites for hydroxylation is 2. The Labute approximate surface area is 182 Å². The Morgan fingerprint density at radius 3 is 2.52 bits per heavy atom. The number of methoxy groups -OCH3 is 1. The van der Waals surface area contributed by atoms with Gasteiger partial charge in [0.25, 0.3) is 0 Å². The van der Waals surface area contributed by atoms with Gasteiger partial charge in [0, 0.05) is 48.8 Å². The molecule has 1 fully saturated rings. The monoisotopic (exact) mass is 428 g/mol. The van der Waals surface area contributed by atoms with Crippen LogP contribution in [0.5, 0.6) is 0 Å². The summed E-state index contributed by atoms with van der Waals surface area (Å²) >= 11 is 0. The van der Waals surface area contributed by atoms with Crippen molar-refractivity contribution in [3.05, 3.63) is 52.9 Å². The van der Waals surface area contributed by atoms with Gasteiger partial charge in [0.1, 0.15) is 11.6 Å². The highest BCUT2D eigenvalue weighted by Gasteiger charge is 2.27. The minimum Gasteiger partial charge on any atom is -0.384 e. The molecule has 0 bridgehead atoms. The number of hydrogen-bond donors (Lipinski definition) is 1. The van der Waals surface area contributed by atoms with E-state index in [1.807, 2.05) is 18.7 Å². The van der Waals surface area contributed by atoms with E-state index < -0.39 is 0 Å². The van der Waals surface area contributed by atoms with Crippen molar-refractivity contribution in [3.8, 4) is 0 Å². The maximum Gasteiger partial charge on any atom is 0.228 e. The third-order valence-corrected chi connectivity index (χ3v) is 5.56. The molecule has 1 aromatic heterocycles. The Balaban J connectivity index is 1.67. The molecule has 1 saturated heterocycles. The third kappa shape index (κ3) is 6.07. The summed E-state index contributed by atoms with van der Waals surface area (Å²) in [4.78, 5) is 36.0. The molecule has 2 heterocycles. The van der Waals surface area contributed by atoms with E-state index in [1.165, 1.54) is 24.3 Å². The fraction of sp³-hybridized carbons (Fsp3) is 0.478. The van der Waals surface area contributed by atoms with E-state index in [0.29, 0.717) is 25.3 Å². The van der Waals surface area contributed by atoms with Gasteiger partial charge in [-0.3, -0.25) is 9.59 Å². The van der Waals surface area contributed by atoms with Crippen LogP contribution in [0.25, 0.3) is 0 Å². The number of carbonyl (C=O) groups excluding carboxylic acids is 2. The molecule has 0 radical (unpaired) electrons. The van der Waals surface area contributed by atoms with Crippen LogP contribution < -0.4 is 5.32 Å². The molecule has 166 valence electrons. The highest BCUT2D eigenvalue weighted by molar-refractivity contribution is 5.92. The van der Waals surface area contributed by atoms with E-state index in [1.54, 1.807) is 7.11 Å². The van der Waals surface area contributed by atoms with Gasteiger partial charge >= 0.3 is 0 Å². The summed E-state index contributed by atoms with van der Waals surface area (Å²) in [6, 6.07) is 5.65. The molecule has 2 amide bonds. The van der Waals surface area contributed by atoms with Crippen molar-refractivity contribution >= 4 is 17.5 Å². The zero-order chi connectivity index (χ0) is 22.4. The van der Waals surface area contributed by atoms with Gasteiger partial charge in [-0.05, 0) is 51.0 Å². The van der Waals surface area contributed by atoms with Crippen molar-refractivity contribution < 1.29 is 18.7 Å². The number of anilines is 1. The summed E-state index contributed by atoms with van der Waals surface area (Å²) in [5.74, 6) is 0.341. The van der Waals surface area contributed by atoms with Gasteiger partial charge in [-0.25, -0.2) is 14.4 Å². The van der Waals surface area contributed by atoms with E-state index in [0.717, 1.165) is 42.2 Å². The van der Waals surface area contributed by atoms with Crippen LogP contribution in [0.1, 0.15) is 48.0 Å². The van der Waals surface area contributed by atoms with E-state index >= 15 is 0 Å². The average Bonchev–Trinajstić information content (AvgIpc) is 2.76. The first-order valence-electron chi connectivity index (χ1n) is 10.5. The Morgan fingerprint density at radius 2 is 1.87 bits per heavy atom. The van der Waals surface area contributed by atoms with Crippen molar-refractivity contribution in [3.63, 3.8) is 0 Å². The number of rotatable bonds is 7. The first kappa shape index (κ1) is 22.8. The van der Waals surface area contributed by atoms with Crippen LogP contribution in [-0.2, 0) is 20.7 Å². The molecular formula is C23H29FN4O3. The summed E-state index contributed by atoms with van der Waals surface area (Å²) in [6.45, 7) is 5.53. The first-order chi connectivity index (χ1) is 14.9. The molecule has 7 nitrogen and oxygen atoms in total. The number of hydrogen-bond acceptors (Lipinski definition) is 5. The lowest BCUT2D eigenvalue weighted by Gasteiger charge is -2.32. The fourth-order valence-electron chi connectivity index (χ4n) is 3.86. The van der Waals surface area contributed by atoms with Gasteiger partial charge < -0.3 is 15.0 Å². The Bertz CT molecular complexity index is 910. The van der Waals surface area contributed by atoms with Crippen LogP contribution in [0.2, 0.25) is 0 Å². The standard InChI is InChI=1S/C23H29FN4O3/c1-15-20(13-21(29)27-19-8-6-18(24)7-9-19)16(2)26-23(25-15)17-5-4-11-28(14-17)22(30)10-12-31-3/h6-9,17H,4-5,10-14H2,1-3H3,(H,27,29)/t17-/m1/s1. The molecule has 0 saturated carbocycles. The van der Waals surface area contributed by atoms with Gasteiger partial charge in [-0.2, -0.15) is 0 Å². The molecule has 31 heavy (non-hydrogen) atoms. The minimum atomic E-state index is -0.352. The van der Waals surface area contributed by atoms with Gasteiger partial charge in [-0.15, -0.1) is 0 Å². The van der Waals surface area contributed by atoms with Crippen LogP contribution in [-0.4, -0.2) is 53.5 Å². The Hall–Kier alpha value is -2.87. The molecule has 0 spiro atoms. The molecule has 2 aromatic rings. The van der Waals surface area contributed by atoms with Crippen LogP contribution >= 0.6 is 0 Å². The number of nitrogens with zero attached hydrogens (tertiary/aromatic N) is 3. The number of ether oxygens (including phenoxy) is 1. The topological polar surface area (TPSA) is 84.4 Å². The number of piperidine rings is 1. The van der Waals surface area contributed by atoms with Gasteiger partial charge in [0.2, 0.25) is 11.8 Å². The summed E-state index contributed by atoms with van der Waals surface area (Å²) in [5.41, 5.74) is 2.85. The van der Waals surface area contributed by atoms with Crippen LogP contribution in [0.15, 0.2) is 24.3 Å². The maximum absolute atomic E-state index is 13.0. The van der Waals surface area contributed by atoms with Gasteiger partial charge in [0.15, 0.2) is 0 Å². The minimum absolute atomic E-state index is 0.0831. The number of nitrogens with one attached hydrogen (secondary N) is 1. The number of benzene rings is 1. The summed E-state index contributed by atoms with van der Waals surface area (Å²) in [5, 5.41) is 2.77. The van der Waals surface area contributed by atoms with Crippen LogP contribution in [0, 0.1) is 19.7 Å². The van der Waals surface area contributed by atoms with E-state index in [2.05, 4.69) is 15.3 Å². The molecule has 1 aromatic carbocycles. The zero-order valence-electron chi connectivity index (χ0n) is 18.3. The van der Waals surface area contributed by atoms with Crippen molar-refractivity contribution in [2.75, 3.05) is 32.1 Å². The fourth-order valence-corrected chi connectivity index (χ4v) is 3.86. The summed E-state index contributed by atoms with van der Waals surface area (Å²) in [7, 11) is 1.59. The van der Waals surface area contributed by atoms with Crippen LogP contribution in [0.3, 0.4) is 0 Å². The Kier molecular flexibility index (Phi) is 7.68. The second-order valence-corrected chi connectivity index (χ2v) is 7.88. The zero-order valence-corrected chi connectivity index (χ0v) is 18.3. The van der Waals surface area contributed by atoms with Gasteiger partial charge in [0.05, 0.1) is 19.4 Å². The molecule has 1 aliphatic heterocycles. The van der Waals surface area contributed by atoms with Crippen LogP contribution in [0.4, 0.5) is 10.1 Å². The number of aromatic nitrogens is 2. The highest BCUT2D eigenvalue weighted by Crippen LogP contribution is 2.26. The highest BCUT2D eigenvalue weighted by atomic mass is 19.1. The summed E-state index contributed by atoms with van der Waals surface area (Å²) in [6.07, 6.45) is 2.36. The summed E-state index contributed by atoms with van der Waals surface area (Å²) < 4.78 is 18.0. The maximum atomic E-state index is 13.0. The average molecular weight is 429 g/mol. The van der Waals surface area contributed by atoms with E-state index in [-0.39, 0.29) is 30.0 Å². The smallest absolute Gasteiger partial charge is 0.228 e. The Morgan fingerprint density at radius 1 is 1.19 bits per heavy atom. The number of carbonyl (C=O) groups is 2. The van der Waals surface area contributed by atoms with Crippen molar-refractivity contribution in [1.29, 1.82) is 0 Å². The molecular weight excluding hydrogens is 399 g/mol. The lowest BCUT2D eigenvalue weighted by molar-refractivity contribution is -0.133. The second-order valence-electron chi connectivity index (χ2n) is 7.88. The van der Waals surface area contributed by atoms with Crippen molar-refractivity contribution in [2.24, 2.45) is 0 Å². The number of likely N-dealkylation sites (tertiary alicyclic amines) is 1. The molecule has 0 aliphatic carbocycles. The molecule has 3 rings (SSSR count). The normalized spacial score (nSPS) is 16.3. The lowest BCUT2D eigenvalue weighted by atomic mass is 9.96. The quantitative estimate of drug-likeness (QED) is 0.732. The van der Waals surface area contributed by atoms with Gasteiger partial charge in [-0.1, -0.05) is 0 Å². The molecule has 1 N–H and O–H groups in total. The molecule has 8 heteroatoms. The second kappa shape index (κ2) is 10.4. The third-order valence-electron chi connectivity index (χ3n) is 5.56. The largest absolute Gasteiger partial charge is 0.384 e. The van der Waals surface area contributed by atoms with Crippen molar-refractivity contribution in [2.45, 2.75) is 45.4 Å². The molecule has 0 unspecified atom stereocenters. The lowest BCUT2D eigenvalue weighted by Crippen LogP contribution is -2.40. The first-order valence-corrected chi connectivity index (χ1v) is 10.5. The SMILES string of the molecule is COCCC(=O)N1CCC[C@@H](c2nc(C)c(CC(=O)Nc3ccc(F)cc3)c(C)n2)C1. The molecule has 1 aliphatic rings. The molecule has 1 atom stereocenters. The van der Waals surface area contributed by atoms with E-state index in [9.17, 15) is 14.0 Å². The number of amides is 2. The van der Waals surface area contributed by atoms with Crippen molar-refractivity contribution in [1.82, 2.24) is 14.9 Å².